The summed E-state index contributed by atoms with van der Waals surface area (Å²) in [5.74, 6) is 0. The molecule has 1 aromatic heterocycles. The molecular weight excluding hydrogens is 298 g/mol. The normalized spacial score (nSPS) is 18.6. The predicted molar refractivity (Wildman–Crippen MR) is 94.5 cm³/mol. The van der Waals surface area contributed by atoms with Crippen molar-refractivity contribution < 1.29 is 4.79 Å². The van der Waals surface area contributed by atoms with E-state index in [0.29, 0.717) is 0 Å². The number of carbonyl (C=O) groups excluding carboxylic acids is 1. The van der Waals surface area contributed by atoms with Crippen LogP contribution in [0.25, 0.3) is 10.9 Å². The molecule has 0 radical (unpaired) electrons. The summed E-state index contributed by atoms with van der Waals surface area (Å²) < 4.78 is 0. The fraction of sp³-hybridized carbons (Fsp3) is 0.100. The molecule has 24 heavy (non-hydrogen) atoms. The molecule has 0 amide bonds. The third-order valence-corrected chi connectivity index (χ3v) is 3.73. The van der Waals surface area contributed by atoms with Crippen LogP contribution in [0.5, 0.6) is 0 Å². The van der Waals surface area contributed by atoms with Crippen molar-refractivity contribution in [1.29, 1.82) is 0 Å². The molecular formula is C20H17N3O. The summed E-state index contributed by atoms with van der Waals surface area (Å²) in [6.07, 6.45) is 4.40. The Bertz CT molecular complexity index is 837. The number of fused-ring (bicyclic) bond motifs is 1. The van der Waals surface area contributed by atoms with E-state index in [1.807, 2.05) is 67.7 Å². The van der Waals surface area contributed by atoms with Gasteiger partial charge in [0.2, 0.25) is 0 Å². The maximum absolute atomic E-state index is 11.1. The van der Waals surface area contributed by atoms with E-state index in [-0.39, 0.29) is 0 Å². The number of carbonyl (C=O) groups is 1. The van der Waals surface area contributed by atoms with E-state index >= 15 is 0 Å². The van der Waals surface area contributed by atoms with Crippen LogP contribution in [-0.4, -0.2) is 11.3 Å². The van der Waals surface area contributed by atoms with Gasteiger partial charge in [0.05, 0.1) is 11.2 Å². The zero-order chi connectivity index (χ0) is 16.8. The molecule has 2 heterocycles. The van der Waals surface area contributed by atoms with Crippen LogP contribution in [0.15, 0.2) is 94.9 Å². The molecule has 0 bridgehead atoms. The number of para-hydroxylation sites is 1. The Morgan fingerprint density at radius 2 is 1.62 bits per heavy atom. The largest absolute Gasteiger partial charge is 0.300 e. The highest BCUT2D eigenvalue weighted by Gasteiger charge is 2.32. The first-order valence-electron chi connectivity index (χ1n) is 7.67. The first kappa shape index (κ1) is 15.7. The maximum atomic E-state index is 11.1. The van der Waals surface area contributed by atoms with Crippen LogP contribution in [0.4, 0.5) is 0 Å². The molecule has 4 nitrogen and oxygen atoms in total. The number of pyridine rings is 1. The van der Waals surface area contributed by atoms with Crippen LogP contribution >= 0.6 is 0 Å². The van der Waals surface area contributed by atoms with Gasteiger partial charge in [-0.1, -0.05) is 54.6 Å². The number of rotatable bonds is 2. The topological polar surface area (TPSA) is 54.7 Å². The molecule has 4 rings (SSSR count). The third-order valence-electron chi connectivity index (χ3n) is 3.73. The minimum absolute atomic E-state index is 0.779. The van der Waals surface area contributed by atoms with Crippen molar-refractivity contribution in [2.24, 2.45) is 10.2 Å². The Labute approximate surface area is 140 Å². The lowest BCUT2D eigenvalue weighted by atomic mass is 9.92. The Morgan fingerprint density at radius 1 is 0.917 bits per heavy atom. The van der Waals surface area contributed by atoms with Crippen molar-refractivity contribution >= 4 is 17.2 Å². The quantitative estimate of drug-likeness (QED) is 0.644. The van der Waals surface area contributed by atoms with E-state index in [2.05, 4.69) is 27.3 Å². The fourth-order valence-corrected chi connectivity index (χ4v) is 2.53. The smallest absolute Gasteiger partial charge is 0.182 e. The van der Waals surface area contributed by atoms with E-state index in [9.17, 15) is 4.79 Å². The highest BCUT2D eigenvalue weighted by atomic mass is 16.1. The van der Waals surface area contributed by atoms with Gasteiger partial charge in [-0.2, -0.15) is 10.2 Å². The molecule has 1 aliphatic heterocycles. The Hall–Kier alpha value is -3.14. The lowest BCUT2D eigenvalue weighted by Crippen LogP contribution is -2.20. The van der Waals surface area contributed by atoms with Gasteiger partial charge in [-0.05, 0) is 30.7 Å². The zero-order valence-corrected chi connectivity index (χ0v) is 13.3. The second kappa shape index (κ2) is 6.96. The minimum atomic E-state index is -0.884. The molecule has 1 unspecified atom stereocenters. The molecule has 4 heteroatoms. The molecule has 0 fully saturated rings. The summed E-state index contributed by atoms with van der Waals surface area (Å²) in [5, 5.41) is 9.09. The van der Waals surface area contributed by atoms with Gasteiger partial charge >= 0.3 is 0 Å². The van der Waals surface area contributed by atoms with Crippen LogP contribution in [0, 0.1) is 0 Å². The second-order valence-electron chi connectivity index (χ2n) is 5.49. The second-order valence-corrected chi connectivity index (χ2v) is 5.49. The first-order valence-corrected chi connectivity index (χ1v) is 7.67. The van der Waals surface area contributed by atoms with Crippen molar-refractivity contribution in [2.45, 2.75) is 12.5 Å². The maximum Gasteiger partial charge on any atom is 0.182 e. The number of benzene rings is 2. The number of nitrogens with zero attached hydrogens (tertiary/aromatic N) is 3. The van der Waals surface area contributed by atoms with Crippen molar-refractivity contribution in [3.05, 3.63) is 90.3 Å². The van der Waals surface area contributed by atoms with Crippen LogP contribution in [0.1, 0.15) is 12.5 Å². The van der Waals surface area contributed by atoms with Crippen molar-refractivity contribution in [3.63, 3.8) is 0 Å². The van der Waals surface area contributed by atoms with Crippen molar-refractivity contribution in [3.8, 4) is 0 Å². The fourth-order valence-electron chi connectivity index (χ4n) is 2.53. The van der Waals surface area contributed by atoms with Gasteiger partial charge in [0.1, 0.15) is 0 Å². The van der Waals surface area contributed by atoms with E-state index in [1.165, 1.54) is 5.39 Å². The van der Waals surface area contributed by atoms with Gasteiger partial charge < -0.3 is 0 Å². The predicted octanol–water partition coefficient (Wildman–Crippen LogP) is 4.69. The molecule has 1 atom stereocenters. The lowest BCUT2D eigenvalue weighted by Gasteiger charge is -2.14. The summed E-state index contributed by atoms with van der Waals surface area (Å²) in [5.41, 5.74) is 1.81. The molecule has 0 spiro atoms. The van der Waals surface area contributed by atoms with Crippen molar-refractivity contribution in [2.75, 3.05) is 0 Å². The Kier molecular flexibility index (Phi) is 4.57. The molecule has 0 saturated heterocycles. The standard InChI is InChI=1S/C11H10N2O.C9H7N/c1-9-7-11(8-14,13-12-9)10-5-3-2-4-6-10;1-2-6-9-8(4-1)5-3-7-10-9/h2-8H,1H3;1-7H. The lowest BCUT2D eigenvalue weighted by molar-refractivity contribution is -0.111. The van der Waals surface area contributed by atoms with Gasteiger partial charge in [0, 0.05) is 11.6 Å². The number of hydrogen-bond donors (Lipinski definition) is 0. The van der Waals surface area contributed by atoms with E-state index in [0.717, 1.165) is 23.1 Å². The Balaban J connectivity index is 0.000000149. The summed E-state index contributed by atoms with van der Waals surface area (Å²) in [4.78, 5) is 15.3. The molecule has 0 saturated carbocycles. The average Bonchev–Trinajstić information content (AvgIpc) is 3.05. The average molecular weight is 315 g/mol. The highest BCUT2D eigenvalue weighted by Crippen LogP contribution is 2.32. The van der Waals surface area contributed by atoms with E-state index < -0.39 is 5.54 Å². The number of allylic oxidation sites excluding steroid dienone is 1. The van der Waals surface area contributed by atoms with Crippen LogP contribution in [0.2, 0.25) is 0 Å². The zero-order valence-electron chi connectivity index (χ0n) is 13.3. The van der Waals surface area contributed by atoms with Crippen molar-refractivity contribution in [1.82, 2.24) is 4.98 Å². The van der Waals surface area contributed by atoms with Gasteiger partial charge in [-0.3, -0.25) is 9.78 Å². The molecule has 118 valence electrons. The monoisotopic (exact) mass is 315 g/mol. The number of aldehydes is 1. The van der Waals surface area contributed by atoms with Gasteiger partial charge in [-0.25, -0.2) is 0 Å². The molecule has 3 aromatic rings. The van der Waals surface area contributed by atoms with Crippen LogP contribution < -0.4 is 0 Å². The first-order chi connectivity index (χ1) is 11.7. The Morgan fingerprint density at radius 3 is 2.29 bits per heavy atom. The van der Waals surface area contributed by atoms with E-state index in [4.69, 9.17) is 0 Å². The highest BCUT2D eigenvalue weighted by molar-refractivity contribution is 5.77. The number of hydrogen-bond acceptors (Lipinski definition) is 4. The van der Waals surface area contributed by atoms with Crippen LogP contribution in [-0.2, 0) is 10.3 Å². The third kappa shape index (κ3) is 3.27. The number of azo groups is 1. The van der Waals surface area contributed by atoms with Gasteiger partial charge in [0.15, 0.2) is 11.8 Å². The summed E-state index contributed by atoms with van der Waals surface area (Å²) >= 11 is 0. The molecule has 1 aliphatic rings. The minimum Gasteiger partial charge on any atom is -0.300 e. The number of aromatic nitrogens is 1. The SMILES string of the molecule is CC1=CC(C=O)(c2ccccc2)N=N1.c1ccc2ncccc2c1. The van der Waals surface area contributed by atoms with Crippen LogP contribution in [0.3, 0.4) is 0 Å². The molecule has 0 aliphatic carbocycles. The van der Waals surface area contributed by atoms with E-state index in [1.54, 1.807) is 6.08 Å². The molecule has 2 aromatic carbocycles. The summed E-state index contributed by atoms with van der Waals surface area (Å²) in [6, 6.07) is 21.5. The molecule has 0 N–H and O–H groups in total. The summed E-state index contributed by atoms with van der Waals surface area (Å²) in [6.45, 7) is 1.83. The summed E-state index contributed by atoms with van der Waals surface area (Å²) in [7, 11) is 0. The van der Waals surface area contributed by atoms with Gasteiger partial charge in [-0.15, -0.1) is 0 Å². The van der Waals surface area contributed by atoms with Gasteiger partial charge in [0.25, 0.3) is 0 Å².